The Bertz CT molecular complexity index is 2010. The van der Waals surface area contributed by atoms with Crippen molar-refractivity contribution in [3.63, 3.8) is 0 Å². The van der Waals surface area contributed by atoms with Crippen molar-refractivity contribution in [1.29, 1.82) is 0 Å². The lowest BCUT2D eigenvalue weighted by atomic mass is 10.0. The highest BCUT2D eigenvalue weighted by Crippen LogP contribution is 2.23. The first-order valence-corrected chi connectivity index (χ1v) is 14.4. The number of rotatable bonds is 9. The van der Waals surface area contributed by atoms with Gasteiger partial charge in [0.05, 0.1) is 16.6 Å². The molecule has 0 fully saturated rings. The fourth-order valence-electron chi connectivity index (χ4n) is 5.91. The summed E-state index contributed by atoms with van der Waals surface area (Å²) < 4.78 is 0. The number of aromatic amines is 4. The largest absolute Gasteiger partial charge is 0.481 e. The summed E-state index contributed by atoms with van der Waals surface area (Å²) >= 11 is 0. The molecule has 0 atom stereocenters. The molecule has 0 saturated heterocycles. The molecule has 1 aliphatic rings. The molecule has 0 saturated carbocycles. The van der Waals surface area contributed by atoms with E-state index in [2.05, 4.69) is 19.9 Å². The van der Waals surface area contributed by atoms with Crippen LogP contribution in [0.1, 0.15) is 75.4 Å². The average Bonchev–Trinajstić information content (AvgIpc) is 3.63. The van der Waals surface area contributed by atoms with Gasteiger partial charge in [-0.1, -0.05) is 0 Å². The quantitative estimate of drug-likeness (QED) is 0.155. The second-order valence-electron chi connectivity index (χ2n) is 11.2. The van der Waals surface area contributed by atoms with Crippen molar-refractivity contribution in [1.82, 2.24) is 19.9 Å². The number of carboxylic acids is 2. The van der Waals surface area contributed by atoms with Crippen molar-refractivity contribution in [3.8, 4) is 0 Å². The minimum absolute atomic E-state index is 0.0326. The van der Waals surface area contributed by atoms with Gasteiger partial charge >= 0.3 is 11.9 Å². The first-order valence-electron chi connectivity index (χ1n) is 14.4. The Labute approximate surface area is 247 Å². The number of carbonyl (C=O) groups is 3. The van der Waals surface area contributed by atoms with Crippen molar-refractivity contribution in [3.05, 3.63) is 89.7 Å². The third-order valence-electron chi connectivity index (χ3n) is 8.22. The van der Waals surface area contributed by atoms with Crippen LogP contribution in [0.25, 0.3) is 23.8 Å². The van der Waals surface area contributed by atoms with E-state index in [1.807, 2.05) is 58.1 Å². The number of aliphatic carboxylic acids is 2. The van der Waals surface area contributed by atoms with Crippen molar-refractivity contribution >= 4 is 41.5 Å². The number of nitrogens with one attached hydrogen (secondary N) is 4. The molecule has 4 aromatic rings. The van der Waals surface area contributed by atoms with Crippen LogP contribution < -0.4 is 27.1 Å². The van der Waals surface area contributed by atoms with Crippen LogP contribution in [-0.2, 0) is 27.2 Å². The minimum atomic E-state index is -0.888. The summed E-state index contributed by atoms with van der Waals surface area (Å²) in [6.45, 7) is 8.07. The third-order valence-corrected chi connectivity index (χ3v) is 8.22. The van der Waals surface area contributed by atoms with E-state index in [1.54, 1.807) is 0 Å². The first-order chi connectivity index (χ1) is 20.5. The summed E-state index contributed by atoms with van der Waals surface area (Å²) in [7, 11) is 0. The molecule has 0 amide bonds. The van der Waals surface area contributed by atoms with E-state index in [1.165, 1.54) is 0 Å². The molecule has 224 valence electrons. The minimum Gasteiger partial charge on any atom is -0.481 e. The summed E-state index contributed by atoms with van der Waals surface area (Å²) in [4.78, 5) is 50.4. The normalized spacial score (nSPS) is 12.4. The first kappa shape index (κ1) is 29.7. The highest BCUT2D eigenvalue weighted by molar-refractivity contribution is 6.20. The summed E-state index contributed by atoms with van der Waals surface area (Å²) in [5.41, 5.74) is 14.8. The van der Waals surface area contributed by atoms with Crippen LogP contribution in [0.15, 0.2) is 12.1 Å². The molecule has 10 heteroatoms. The monoisotopic (exact) mass is 583 g/mol. The molecule has 8 N–H and O–H groups in total. The number of aromatic nitrogens is 4. The summed E-state index contributed by atoms with van der Waals surface area (Å²) in [5.74, 6) is -1.85. The van der Waals surface area contributed by atoms with Crippen molar-refractivity contribution in [2.24, 2.45) is 5.73 Å². The standard InChI is InChI=1S/C33H37N5O5/c1-16-12-28-32(29(39)9-10-34)33-17(2)11-20(35-33)13-24-18(3)21(5-7-30(40)41)26(37-24)15-27-22(6-8-31(42)43)19(4)25(38-27)14-23(16)36-28/h11-15,35-38H,5-10,34H2,1-4H3,(H,40,41)(H,42,43). The number of Topliss-reactive ketones (excluding diaryl/α,β-unsaturated/α-hetero) is 1. The van der Waals surface area contributed by atoms with Crippen molar-refractivity contribution < 1.29 is 24.6 Å². The van der Waals surface area contributed by atoms with E-state index >= 15 is 0 Å². The van der Waals surface area contributed by atoms with Gasteiger partial charge in [-0.3, -0.25) is 14.4 Å². The zero-order valence-corrected chi connectivity index (χ0v) is 24.8. The number of carboxylic acid groups (broad SMARTS) is 2. The summed E-state index contributed by atoms with van der Waals surface area (Å²) in [5, 5.41) is 22.0. The van der Waals surface area contributed by atoms with Crippen LogP contribution in [0.5, 0.6) is 0 Å². The number of ketones is 1. The van der Waals surface area contributed by atoms with E-state index in [9.17, 15) is 24.6 Å². The molecule has 5 heterocycles. The average molecular weight is 584 g/mol. The number of hydrogen-bond acceptors (Lipinski definition) is 4. The molecule has 0 aliphatic carbocycles. The predicted molar refractivity (Wildman–Crippen MR) is 164 cm³/mol. The van der Waals surface area contributed by atoms with Gasteiger partial charge in [0.1, 0.15) is 0 Å². The van der Waals surface area contributed by atoms with Gasteiger partial charge in [-0.15, -0.1) is 0 Å². The number of H-pyrrole nitrogens is 4. The Hall–Kier alpha value is -4.83. The smallest absolute Gasteiger partial charge is 0.303 e. The Morgan fingerprint density at radius 3 is 2.05 bits per heavy atom. The molecule has 43 heavy (non-hydrogen) atoms. The van der Waals surface area contributed by atoms with Gasteiger partial charge in [-0.2, -0.15) is 0 Å². The number of hydrogen-bond donors (Lipinski definition) is 7. The molecule has 0 unspecified atom stereocenters. The zero-order chi connectivity index (χ0) is 31.0. The van der Waals surface area contributed by atoms with E-state index in [4.69, 9.17) is 5.73 Å². The SMILES string of the molecule is Cc1cc2[nH]c1C=c1[nH]c(c(CCC(=O)O)c1C)=Cc1[nH]c(c(C)c1CCC(=O)O)C=c1cc(C)c([nH]1)=C2C(=O)CCN. The summed E-state index contributed by atoms with van der Waals surface area (Å²) in [6.07, 6.45) is 6.66. The van der Waals surface area contributed by atoms with Gasteiger partial charge in [0, 0.05) is 52.4 Å². The summed E-state index contributed by atoms with van der Waals surface area (Å²) in [6, 6.07) is 3.94. The topological polar surface area (TPSA) is 181 Å². The Morgan fingerprint density at radius 1 is 0.698 bits per heavy atom. The number of aryl methyl sites for hydroxylation is 2. The van der Waals surface area contributed by atoms with Gasteiger partial charge in [0.15, 0.2) is 5.78 Å². The van der Waals surface area contributed by atoms with Gasteiger partial charge < -0.3 is 35.9 Å². The zero-order valence-electron chi connectivity index (χ0n) is 24.8. The maximum Gasteiger partial charge on any atom is 0.303 e. The highest BCUT2D eigenvalue weighted by Gasteiger charge is 2.19. The van der Waals surface area contributed by atoms with Crippen molar-refractivity contribution in [2.45, 2.75) is 59.8 Å². The second kappa shape index (κ2) is 11.8. The van der Waals surface area contributed by atoms with Crippen molar-refractivity contribution in [2.75, 3.05) is 6.54 Å². The van der Waals surface area contributed by atoms with E-state index in [0.29, 0.717) is 29.5 Å². The number of fused-ring (bicyclic) bond motifs is 8. The van der Waals surface area contributed by atoms with Crippen LogP contribution in [0, 0.1) is 27.7 Å². The Morgan fingerprint density at radius 2 is 1.37 bits per heavy atom. The van der Waals surface area contributed by atoms with Gasteiger partial charge in [0.25, 0.3) is 0 Å². The van der Waals surface area contributed by atoms with Crippen LogP contribution >= 0.6 is 0 Å². The van der Waals surface area contributed by atoms with Gasteiger partial charge in [-0.05, 0) is 111 Å². The highest BCUT2D eigenvalue weighted by atomic mass is 16.4. The number of nitrogens with two attached hydrogens (primary N) is 1. The van der Waals surface area contributed by atoms with E-state index in [-0.39, 0.29) is 31.6 Å². The molecular formula is C33H37N5O5. The molecule has 5 rings (SSSR count). The molecule has 0 aromatic carbocycles. The Balaban J connectivity index is 1.90. The predicted octanol–water partition coefficient (Wildman–Crippen LogP) is 1.18. The second-order valence-corrected chi connectivity index (χ2v) is 11.2. The maximum absolute atomic E-state index is 13.5. The lowest BCUT2D eigenvalue weighted by Gasteiger charge is -2.04. The maximum atomic E-state index is 13.5. The van der Waals surface area contributed by atoms with Gasteiger partial charge in [-0.25, -0.2) is 0 Å². The number of carbonyl (C=O) groups excluding carboxylic acids is 1. The third kappa shape index (κ3) is 5.91. The fourth-order valence-corrected chi connectivity index (χ4v) is 5.91. The molecular weight excluding hydrogens is 546 g/mol. The van der Waals surface area contributed by atoms with E-state index < -0.39 is 11.9 Å². The molecule has 8 bridgehead atoms. The van der Waals surface area contributed by atoms with Crippen LogP contribution in [0.2, 0.25) is 0 Å². The molecule has 4 aromatic heterocycles. The lowest BCUT2D eigenvalue weighted by Crippen LogP contribution is -2.22. The molecule has 10 nitrogen and oxygen atoms in total. The van der Waals surface area contributed by atoms with Crippen LogP contribution in [0.3, 0.4) is 0 Å². The van der Waals surface area contributed by atoms with Gasteiger partial charge in [0.2, 0.25) is 0 Å². The van der Waals surface area contributed by atoms with Crippen LogP contribution in [-0.4, -0.2) is 54.4 Å². The van der Waals surface area contributed by atoms with E-state index in [0.717, 1.165) is 66.5 Å². The lowest BCUT2D eigenvalue weighted by molar-refractivity contribution is -0.138. The van der Waals surface area contributed by atoms with Crippen LogP contribution in [0.4, 0.5) is 0 Å². The molecule has 0 spiro atoms. The fraction of sp³-hybridized carbons (Fsp3) is 0.303. The Kier molecular flexibility index (Phi) is 8.14. The molecule has 1 aliphatic heterocycles. The molecule has 0 radical (unpaired) electrons.